The number of likely N-dealkylation sites (tertiary alicyclic amines) is 1. The van der Waals surface area contributed by atoms with E-state index in [0.717, 1.165) is 37.9 Å². The molecule has 1 aromatic rings. The van der Waals surface area contributed by atoms with Crippen LogP contribution in [0.3, 0.4) is 0 Å². The van der Waals surface area contributed by atoms with Crippen LogP contribution in [0, 0.1) is 0 Å². The van der Waals surface area contributed by atoms with Gasteiger partial charge in [-0.2, -0.15) is 0 Å². The number of aryl methyl sites for hydroxylation is 1. The predicted molar refractivity (Wildman–Crippen MR) is 74.0 cm³/mol. The summed E-state index contributed by atoms with van der Waals surface area (Å²) in [5, 5.41) is 0. The second kappa shape index (κ2) is 5.76. The highest BCUT2D eigenvalue weighted by Crippen LogP contribution is 2.18. The van der Waals surface area contributed by atoms with Crippen LogP contribution >= 0.6 is 0 Å². The van der Waals surface area contributed by atoms with Crippen molar-refractivity contribution in [1.82, 2.24) is 4.90 Å². The van der Waals surface area contributed by atoms with Crippen LogP contribution in [0.5, 0.6) is 0 Å². The standard InChI is InChI=1S/C14H21N3O/c15-12-6-4-11(10-13(12)16)5-7-14(18)17-8-2-1-3-9-17/h4,6,10H,1-3,5,7-9,15-16H2. The fraction of sp³-hybridized carbons (Fsp3) is 0.500. The first-order chi connectivity index (χ1) is 8.66. The third kappa shape index (κ3) is 3.15. The number of piperidine rings is 1. The maximum absolute atomic E-state index is 12.0. The van der Waals surface area contributed by atoms with Gasteiger partial charge in [-0.05, 0) is 43.4 Å². The van der Waals surface area contributed by atoms with E-state index in [1.807, 2.05) is 17.0 Å². The summed E-state index contributed by atoms with van der Waals surface area (Å²) in [6.45, 7) is 1.84. The molecule has 98 valence electrons. The molecular weight excluding hydrogens is 226 g/mol. The van der Waals surface area contributed by atoms with Crippen molar-refractivity contribution in [3.8, 4) is 0 Å². The van der Waals surface area contributed by atoms with Crippen LogP contribution in [-0.2, 0) is 11.2 Å². The molecular formula is C14H21N3O. The summed E-state index contributed by atoms with van der Waals surface area (Å²) in [6, 6.07) is 5.60. The van der Waals surface area contributed by atoms with E-state index in [9.17, 15) is 4.79 Å². The maximum Gasteiger partial charge on any atom is 0.222 e. The largest absolute Gasteiger partial charge is 0.397 e. The summed E-state index contributed by atoms with van der Waals surface area (Å²) in [6.07, 6.45) is 4.82. The van der Waals surface area contributed by atoms with Gasteiger partial charge in [-0.1, -0.05) is 6.07 Å². The number of carbonyl (C=O) groups excluding carboxylic acids is 1. The van der Waals surface area contributed by atoms with E-state index in [1.54, 1.807) is 6.07 Å². The number of benzene rings is 1. The summed E-state index contributed by atoms with van der Waals surface area (Å²) in [4.78, 5) is 14.0. The number of hydrogen-bond acceptors (Lipinski definition) is 3. The first-order valence-electron chi connectivity index (χ1n) is 6.58. The molecule has 0 spiro atoms. The molecule has 0 atom stereocenters. The lowest BCUT2D eigenvalue weighted by Gasteiger charge is -2.26. The average molecular weight is 247 g/mol. The Kier molecular flexibility index (Phi) is 4.07. The Bertz CT molecular complexity index is 425. The first kappa shape index (κ1) is 12.7. The van der Waals surface area contributed by atoms with Crippen LogP contribution in [0.4, 0.5) is 11.4 Å². The van der Waals surface area contributed by atoms with E-state index in [4.69, 9.17) is 11.5 Å². The summed E-state index contributed by atoms with van der Waals surface area (Å²) in [5.74, 6) is 0.255. The highest BCUT2D eigenvalue weighted by molar-refractivity contribution is 5.76. The lowest BCUT2D eigenvalue weighted by atomic mass is 10.1. The van der Waals surface area contributed by atoms with Gasteiger partial charge in [0.2, 0.25) is 5.91 Å². The van der Waals surface area contributed by atoms with Crippen molar-refractivity contribution < 1.29 is 4.79 Å². The van der Waals surface area contributed by atoms with Crippen molar-refractivity contribution in [2.75, 3.05) is 24.6 Å². The highest BCUT2D eigenvalue weighted by Gasteiger charge is 2.15. The molecule has 1 aliphatic heterocycles. The Hall–Kier alpha value is -1.71. The van der Waals surface area contributed by atoms with Crippen molar-refractivity contribution in [3.05, 3.63) is 23.8 Å². The summed E-state index contributed by atoms with van der Waals surface area (Å²) in [7, 11) is 0. The quantitative estimate of drug-likeness (QED) is 0.800. The molecule has 1 saturated heterocycles. The van der Waals surface area contributed by atoms with E-state index in [-0.39, 0.29) is 5.91 Å². The smallest absolute Gasteiger partial charge is 0.222 e. The van der Waals surface area contributed by atoms with Crippen molar-refractivity contribution in [2.45, 2.75) is 32.1 Å². The highest BCUT2D eigenvalue weighted by atomic mass is 16.2. The molecule has 4 nitrogen and oxygen atoms in total. The van der Waals surface area contributed by atoms with Gasteiger partial charge >= 0.3 is 0 Å². The molecule has 0 aliphatic carbocycles. The molecule has 1 aromatic carbocycles. The Balaban J connectivity index is 1.86. The van der Waals surface area contributed by atoms with Gasteiger partial charge in [0.25, 0.3) is 0 Å². The van der Waals surface area contributed by atoms with Crippen LogP contribution in [0.1, 0.15) is 31.2 Å². The van der Waals surface area contributed by atoms with E-state index in [1.165, 1.54) is 6.42 Å². The monoisotopic (exact) mass is 247 g/mol. The lowest BCUT2D eigenvalue weighted by molar-refractivity contribution is -0.132. The molecule has 0 saturated carbocycles. The van der Waals surface area contributed by atoms with Crippen molar-refractivity contribution in [3.63, 3.8) is 0 Å². The number of carbonyl (C=O) groups is 1. The molecule has 0 bridgehead atoms. The van der Waals surface area contributed by atoms with Gasteiger partial charge in [-0.15, -0.1) is 0 Å². The summed E-state index contributed by atoms with van der Waals surface area (Å²) in [5.41, 5.74) is 13.7. The van der Waals surface area contributed by atoms with Gasteiger partial charge in [0.15, 0.2) is 0 Å². The Morgan fingerprint density at radius 2 is 1.83 bits per heavy atom. The van der Waals surface area contributed by atoms with Gasteiger partial charge in [0, 0.05) is 19.5 Å². The number of rotatable bonds is 3. The number of amides is 1. The second-order valence-corrected chi connectivity index (χ2v) is 4.90. The molecule has 1 heterocycles. The predicted octanol–water partition coefficient (Wildman–Crippen LogP) is 1.80. The minimum absolute atomic E-state index is 0.255. The van der Waals surface area contributed by atoms with Gasteiger partial charge < -0.3 is 16.4 Å². The fourth-order valence-electron chi connectivity index (χ4n) is 2.33. The SMILES string of the molecule is Nc1ccc(CCC(=O)N2CCCCC2)cc1N. The minimum atomic E-state index is 0.255. The van der Waals surface area contributed by atoms with E-state index >= 15 is 0 Å². The van der Waals surface area contributed by atoms with E-state index in [0.29, 0.717) is 17.8 Å². The molecule has 1 fully saturated rings. The van der Waals surface area contributed by atoms with Crippen LogP contribution in [0.2, 0.25) is 0 Å². The number of nitrogens with zero attached hydrogens (tertiary/aromatic N) is 1. The van der Waals surface area contributed by atoms with Crippen molar-refractivity contribution in [2.24, 2.45) is 0 Å². The Morgan fingerprint density at radius 1 is 1.11 bits per heavy atom. The number of anilines is 2. The number of nitrogens with two attached hydrogens (primary N) is 2. The first-order valence-corrected chi connectivity index (χ1v) is 6.58. The zero-order valence-electron chi connectivity index (χ0n) is 10.7. The van der Waals surface area contributed by atoms with Crippen LogP contribution < -0.4 is 11.5 Å². The van der Waals surface area contributed by atoms with Gasteiger partial charge in [-0.3, -0.25) is 4.79 Å². The van der Waals surface area contributed by atoms with Gasteiger partial charge in [0.05, 0.1) is 11.4 Å². The van der Waals surface area contributed by atoms with E-state index < -0.39 is 0 Å². The second-order valence-electron chi connectivity index (χ2n) is 4.90. The lowest BCUT2D eigenvalue weighted by Crippen LogP contribution is -2.35. The summed E-state index contributed by atoms with van der Waals surface area (Å²) >= 11 is 0. The average Bonchev–Trinajstić information content (AvgIpc) is 2.41. The topological polar surface area (TPSA) is 72.4 Å². The van der Waals surface area contributed by atoms with Gasteiger partial charge in [0.1, 0.15) is 0 Å². The molecule has 0 aromatic heterocycles. The zero-order valence-corrected chi connectivity index (χ0v) is 10.7. The third-order valence-electron chi connectivity index (χ3n) is 3.49. The van der Waals surface area contributed by atoms with Gasteiger partial charge in [-0.25, -0.2) is 0 Å². The zero-order chi connectivity index (χ0) is 13.0. The number of hydrogen-bond donors (Lipinski definition) is 2. The molecule has 1 amide bonds. The van der Waals surface area contributed by atoms with Crippen molar-refractivity contribution in [1.29, 1.82) is 0 Å². The normalized spacial score (nSPS) is 15.7. The van der Waals surface area contributed by atoms with Crippen LogP contribution in [-0.4, -0.2) is 23.9 Å². The molecule has 18 heavy (non-hydrogen) atoms. The Morgan fingerprint density at radius 3 is 2.50 bits per heavy atom. The third-order valence-corrected chi connectivity index (χ3v) is 3.49. The molecule has 1 aliphatic rings. The maximum atomic E-state index is 12.0. The number of nitrogen functional groups attached to an aromatic ring is 2. The van der Waals surface area contributed by atoms with Crippen LogP contribution in [0.15, 0.2) is 18.2 Å². The fourth-order valence-corrected chi connectivity index (χ4v) is 2.33. The molecule has 4 N–H and O–H groups in total. The van der Waals surface area contributed by atoms with Crippen molar-refractivity contribution >= 4 is 17.3 Å². The Labute approximate surface area is 108 Å². The van der Waals surface area contributed by atoms with Crippen LogP contribution in [0.25, 0.3) is 0 Å². The molecule has 0 unspecified atom stereocenters. The summed E-state index contributed by atoms with van der Waals surface area (Å²) < 4.78 is 0. The minimum Gasteiger partial charge on any atom is -0.397 e. The molecule has 4 heteroatoms. The molecule has 0 radical (unpaired) electrons. The molecule has 2 rings (SSSR count). The van der Waals surface area contributed by atoms with E-state index in [2.05, 4.69) is 0 Å².